The van der Waals surface area contributed by atoms with Gasteiger partial charge in [-0.15, -0.1) is 11.3 Å². The van der Waals surface area contributed by atoms with Crippen LogP contribution in [0.4, 0.5) is 0 Å². The molecule has 0 radical (unpaired) electrons. The molecule has 0 fully saturated rings. The summed E-state index contributed by atoms with van der Waals surface area (Å²) in [5.74, 6) is 0.808. The molecule has 0 spiro atoms. The van der Waals surface area contributed by atoms with Gasteiger partial charge in [0.2, 0.25) is 0 Å². The summed E-state index contributed by atoms with van der Waals surface area (Å²) in [5, 5.41) is 4.99. The van der Waals surface area contributed by atoms with Crippen LogP contribution in [0.15, 0.2) is 0 Å². The monoisotopic (exact) mass is 310 g/mol. The molecule has 2 unspecified atom stereocenters. The lowest BCUT2D eigenvalue weighted by Gasteiger charge is -2.19. The number of nitrogens with one attached hydrogen (secondary N) is 1. The quantitative estimate of drug-likeness (QED) is 0.674. The Morgan fingerprint density at radius 3 is 2.38 bits per heavy atom. The van der Waals surface area contributed by atoms with Gasteiger partial charge in [0.15, 0.2) is 0 Å². The van der Waals surface area contributed by atoms with Crippen LogP contribution in [0, 0.1) is 12.8 Å². The Morgan fingerprint density at radius 1 is 1.24 bits per heavy atom. The van der Waals surface area contributed by atoms with E-state index in [4.69, 9.17) is 4.98 Å². The van der Waals surface area contributed by atoms with Crippen LogP contribution in [-0.2, 0) is 5.41 Å². The predicted molar refractivity (Wildman–Crippen MR) is 95.3 cm³/mol. The maximum Gasteiger partial charge on any atom is 0.0985 e. The summed E-state index contributed by atoms with van der Waals surface area (Å²) in [4.78, 5) is 6.19. The lowest BCUT2D eigenvalue weighted by Crippen LogP contribution is -2.25. The van der Waals surface area contributed by atoms with Crippen LogP contribution in [0.1, 0.15) is 88.8 Å². The zero-order chi connectivity index (χ0) is 16.0. The van der Waals surface area contributed by atoms with E-state index < -0.39 is 0 Å². The van der Waals surface area contributed by atoms with Crippen LogP contribution in [0.5, 0.6) is 0 Å². The van der Waals surface area contributed by atoms with Gasteiger partial charge < -0.3 is 5.32 Å². The molecule has 0 saturated heterocycles. The predicted octanol–water partition coefficient (Wildman–Crippen LogP) is 5.62. The zero-order valence-corrected chi connectivity index (χ0v) is 15.9. The fraction of sp³-hybridized carbons (Fsp3) is 0.833. The van der Waals surface area contributed by atoms with Crippen molar-refractivity contribution in [2.45, 2.75) is 85.6 Å². The summed E-state index contributed by atoms with van der Waals surface area (Å²) in [6, 6.07) is 0.411. The molecule has 0 aliphatic heterocycles. The van der Waals surface area contributed by atoms with Gasteiger partial charge in [-0.05, 0) is 32.7 Å². The smallest absolute Gasteiger partial charge is 0.0985 e. The lowest BCUT2D eigenvalue weighted by atomic mass is 9.98. The largest absolute Gasteiger partial charge is 0.309 e. The van der Waals surface area contributed by atoms with Gasteiger partial charge in [-0.1, -0.05) is 53.9 Å². The van der Waals surface area contributed by atoms with E-state index in [1.165, 1.54) is 41.3 Å². The number of hydrogen-bond donors (Lipinski definition) is 1. The summed E-state index contributed by atoms with van der Waals surface area (Å²) < 4.78 is 0. The first-order chi connectivity index (χ1) is 9.79. The minimum atomic E-state index is 0.153. The molecule has 3 heteroatoms. The maximum absolute atomic E-state index is 4.78. The molecule has 1 heterocycles. The molecule has 0 saturated carbocycles. The molecule has 0 aromatic carbocycles. The lowest BCUT2D eigenvalue weighted by molar-refractivity contribution is 0.399. The molecular formula is C18H34N2S. The first kappa shape index (κ1) is 18.6. The van der Waals surface area contributed by atoms with Gasteiger partial charge in [0.1, 0.15) is 0 Å². The van der Waals surface area contributed by atoms with Crippen molar-refractivity contribution in [3.05, 3.63) is 15.6 Å². The standard InChI is InChI=1S/C18H34N2S/c1-8-10-11-15(9-2)12-19-13(3)16-14(4)20-17(21-16)18(5,6)7/h13,15,19H,8-12H2,1-7H3. The molecule has 0 bridgehead atoms. The molecule has 0 amide bonds. The molecule has 1 N–H and O–H groups in total. The second-order valence-corrected chi connectivity index (χ2v) is 8.30. The van der Waals surface area contributed by atoms with Gasteiger partial charge in [-0.25, -0.2) is 4.98 Å². The van der Waals surface area contributed by atoms with Gasteiger partial charge in [0.25, 0.3) is 0 Å². The van der Waals surface area contributed by atoms with Crippen LogP contribution in [0.2, 0.25) is 0 Å². The fourth-order valence-corrected chi connectivity index (χ4v) is 3.66. The minimum absolute atomic E-state index is 0.153. The van der Waals surface area contributed by atoms with Crippen LogP contribution < -0.4 is 5.32 Å². The van der Waals surface area contributed by atoms with Crippen molar-refractivity contribution in [3.8, 4) is 0 Å². The van der Waals surface area contributed by atoms with Gasteiger partial charge >= 0.3 is 0 Å². The highest BCUT2D eigenvalue weighted by atomic mass is 32.1. The van der Waals surface area contributed by atoms with E-state index in [9.17, 15) is 0 Å². The third kappa shape index (κ3) is 5.71. The van der Waals surface area contributed by atoms with E-state index >= 15 is 0 Å². The second kappa shape index (κ2) is 8.28. The highest BCUT2D eigenvalue weighted by Crippen LogP contribution is 2.32. The van der Waals surface area contributed by atoms with E-state index in [0.717, 1.165) is 12.5 Å². The number of rotatable bonds is 8. The molecule has 1 rings (SSSR count). The van der Waals surface area contributed by atoms with Crippen molar-refractivity contribution in [1.29, 1.82) is 0 Å². The number of aromatic nitrogens is 1. The highest BCUT2D eigenvalue weighted by molar-refractivity contribution is 7.12. The summed E-state index contributed by atoms with van der Waals surface area (Å²) >= 11 is 1.88. The zero-order valence-electron chi connectivity index (χ0n) is 15.0. The van der Waals surface area contributed by atoms with Gasteiger partial charge in [0.05, 0.1) is 10.7 Å². The van der Waals surface area contributed by atoms with Crippen LogP contribution >= 0.6 is 11.3 Å². The molecule has 1 aromatic heterocycles. The van der Waals surface area contributed by atoms with Crippen molar-refractivity contribution < 1.29 is 0 Å². The average molecular weight is 311 g/mol. The van der Waals surface area contributed by atoms with Gasteiger partial charge in [0, 0.05) is 16.3 Å². The highest BCUT2D eigenvalue weighted by Gasteiger charge is 2.22. The topological polar surface area (TPSA) is 24.9 Å². The average Bonchev–Trinajstić information content (AvgIpc) is 2.81. The Hall–Kier alpha value is -0.410. The molecule has 122 valence electrons. The van der Waals surface area contributed by atoms with Crippen molar-refractivity contribution in [2.75, 3.05) is 6.54 Å². The van der Waals surface area contributed by atoms with Crippen LogP contribution in [0.3, 0.4) is 0 Å². The van der Waals surface area contributed by atoms with Crippen molar-refractivity contribution in [1.82, 2.24) is 10.3 Å². The van der Waals surface area contributed by atoms with Crippen molar-refractivity contribution >= 4 is 11.3 Å². The Bertz CT molecular complexity index is 417. The first-order valence-electron chi connectivity index (χ1n) is 8.50. The molecule has 1 aromatic rings. The van der Waals surface area contributed by atoms with Gasteiger partial charge in [-0.3, -0.25) is 0 Å². The Labute approximate surface area is 135 Å². The van der Waals surface area contributed by atoms with E-state index in [1.54, 1.807) is 0 Å². The molecule has 2 nitrogen and oxygen atoms in total. The number of aryl methyl sites for hydroxylation is 1. The minimum Gasteiger partial charge on any atom is -0.309 e. The van der Waals surface area contributed by atoms with E-state index in [1.807, 2.05) is 11.3 Å². The SMILES string of the molecule is CCCCC(CC)CNC(C)c1sc(C(C)(C)C)nc1C. The first-order valence-corrected chi connectivity index (χ1v) is 9.32. The summed E-state index contributed by atoms with van der Waals surface area (Å²) in [5.41, 5.74) is 1.35. The van der Waals surface area contributed by atoms with Crippen molar-refractivity contribution in [2.24, 2.45) is 5.92 Å². The Balaban J connectivity index is 2.63. The Morgan fingerprint density at radius 2 is 1.90 bits per heavy atom. The molecular weight excluding hydrogens is 276 g/mol. The van der Waals surface area contributed by atoms with E-state index in [0.29, 0.717) is 6.04 Å². The molecule has 2 atom stereocenters. The van der Waals surface area contributed by atoms with Gasteiger partial charge in [-0.2, -0.15) is 0 Å². The molecule has 0 aliphatic carbocycles. The summed E-state index contributed by atoms with van der Waals surface area (Å²) in [6.07, 6.45) is 5.27. The third-order valence-corrected chi connectivity index (χ3v) is 5.89. The maximum atomic E-state index is 4.78. The molecule has 0 aliphatic rings. The second-order valence-electron chi connectivity index (χ2n) is 7.27. The molecule has 21 heavy (non-hydrogen) atoms. The third-order valence-electron chi connectivity index (χ3n) is 4.12. The fourth-order valence-electron chi connectivity index (χ4n) is 2.51. The number of thiazole rings is 1. The number of unbranched alkanes of at least 4 members (excludes halogenated alkanes) is 1. The van der Waals surface area contributed by atoms with Crippen LogP contribution in [-0.4, -0.2) is 11.5 Å². The van der Waals surface area contributed by atoms with Crippen molar-refractivity contribution in [3.63, 3.8) is 0 Å². The number of nitrogens with zero attached hydrogens (tertiary/aromatic N) is 1. The normalized spacial score (nSPS) is 15.2. The van der Waals surface area contributed by atoms with E-state index in [2.05, 4.69) is 53.8 Å². The van der Waals surface area contributed by atoms with E-state index in [-0.39, 0.29) is 5.41 Å². The summed E-state index contributed by atoms with van der Waals surface area (Å²) in [7, 11) is 0. The number of hydrogen-bond acceptors (Lipinski definition) is 3. The Kier molecular flexibility index (Phi) is 7.35. The summed E-state index contributed by atoms with van der Waals surface area (Å²) in [6.45, 7) is 16.9. The van der Waals surface area contributed by atoms with Crippen LogP contribution in [0.25, 0.3) is 0 Å².